The van der Waals surface area contributed by atoms with Crippen LogP contribution in [0.4, 0.5) is 0 Å². The Hall–Kier alpha value is -0.275. The number of carbonyl (C=O) groups is 1. The van der Waals surface area contributed by atoms with Crippen molar-refractivity contribution in [2.45, 2.75) is 0 Å². The zero-order valence-corrected chi connectivity index (χ0v) is 8.24. The second kappa shape index (κ2) is 3.41. The van der Waals surface area contributed by atoms with Gasteiger partial charge in [-0.25, -0.2) is 0 Å². The largest absolute Gasteiger partial charge is 0.276 e. The topological polar surface area (TPSA) is 17.1 Å². The molecule has 0 aromatic heterocycles. The Morgan fingerprint density at radius 2 is 2.09 bits per heavy atom. The quantitative estimate of drug-likeness (QED) is 0.522. The molecule has 0 bridgehead atoms. The molecule has 0 unspecified atom stereocenters. The van der Waals surface area contributed by atoms with E-state index in [1.807, 2.05) is 13.9 Å². The summed E-state index contributed by atoms with van der Waals surface area (Å²) in [5.41, 5.74) is 1.54. The highest BCUT2D eigenvalue weighted by molar-refractivity contribution is 9.10. The van der Waals surface area contributed by atoms with Crippen molar-refractivity contribution in [2.24, 2.45) is 0 Å². The zero-order valence-electron chi connectivity index (χ0n) is 5.90. The number of benzene rings is 1. The van der Waals surface area contributed by atoms with Crippen molar-refractivity contribution in [3.05, 3.63) is 28.2 Å². The summed E-state index contributed by atoms with van der Waals surface area (Å²) < 4.78 is 0.876. The molecule has 0 atom stereocenters. The fourth-order valence-corrected chi connectivity index (χ4v) is 1.57. The number of rotatable bonds is 1. The van der Waals surface area contributed by atoms with Crippen LogP contribution < -0.4 is 5.46 Å². The second-order valence-corrected chi connectivity index (χ2v) is 3.55. The van der Waals surface area contributed by atoms with Crippen LogP contribution in [0.15, 0.2) is 22.7 Å². The summed E-state index contributed by atoms with van der Waals surface area (Å²) in [4.78, 5) is 10.7. The molecule has 0 spiro atoms. The van der Waals surface area contributed by atoms with Crippen LogP contribution in [0.1, 0.15) is 10.4 Å². The molecule has 0 saturated heterocycles. The maximum Gasteiger partial charge on any atom is 0.252 e. The van der Waals surface area contributed by atoms with Gasteiger partial charge < -0.3 is 0 Å². The van der Waals surface area contributed by atoms with E-state index >= 15 is 0 Å². The van der Waals surface area contributed by atoms with Crippen LogP contribution in [-0.2, 0) is 0 Å². The van der Waals surface area contributed by atoms with E-state index in [2.05, 4.69) is 15.9 Å². The normalized spacial score (nSPS) is 9.64. The minimum atomic E-state index is -0.422. The molecule has 1 aromatic carbocycles. The Morgan fingerprint density at radius 3 is 2.55 bits per heavy atom. The molecule has 1 aromatic rings. The van der Waals surface area contributed by atoms with E-state index in [9.17, 15) is 4.79 Å². The number of hydrogen-bond donors (Lipinski definition) is 0. The SMILES string of the molecule is Bc1cc(Br)cc(C(=O)Cl)c1. The Balaban J connectivity index is 3.19. The van der Waals surface area contributed by atoms with E-state index in [1.165, 1.54) is 0 Å². The maximum absolute atomic E-state index is 10.7. The molecular formula is C7H5BBrClO. The minimum Gasteiger partial charge on any atom is -0.276 e. The van der Waals surface area contributed by atoms with Crippen molar-refractivity contribution in [3.63, 3.8) is 0 Å². The second-order valence-electron chi connectivity index (χ2n) is 2.29. The molecule has 0 aliphatic rings. The first kappa shape index (κ1) is 8.82. The van der Waals surface area contributed by atoms with Crippen molar-refractivity contribution >= 4 is 46.1 Å². The molecule has 1 rings (SSSR count). The van der Waals surface area contributed by atoms with Crippen LogP contribution in [0, 0.1) is 0 Å². The number of halogens is 2. The molecular weight excluding hydrogens is 226 g/mol. The summed E-state index contributed by atoms with van der Waals surface area (Å²) in [6.07, 6.45) is 0. The van der Waals surface area contributed by atoms with Gasteiger partial charge in [-0.2, -0.15) is 0 Å². The van der Waals surface area contributed by atoms with Gasteiger partial charge in [0.2, 0.25) is 0 Å². The van der Waals surface area contributed by atoms with Crippen molar-refractivity contribution in [1.29, 1.82) is 0 Å². The minimum absolute atomic E-state index is 0.422. The van der Waals surface area contributed by atoms with E-state index in [0.717, 1.165) is 9.94 Å². The lowest BCUT2D eigenvalue weighted by Crippen LogP contribution is -2.04. The van der Waals surface area contributed by atoms with Crippen LogP contribution in [-0.4, -0.2) is 13.1 Å². The van der Waals surface area contributed by atoms with Crippen LogP contribution >= 0.6 is 27.5 Å². The highest BCUT2D eigenvalue weighted by atomic mass is 79.9. The van der Waals surface area contributed by atoms with Gasteiger partial charge >= 0.3 is 0 Å². The molecule has 0 N–H and O–H groups in total. The fraction of sp³-hybridized carbons (Fsp3) is 0. The van der Waals surface area contributed by atoms with Crippen molar-refractivity contribution < 1.29 is 4.79 Å². The van der Waals surface area contributed by atoms with Gasteiger partial charge in [-0.15, -0.1) is 0 Å². The third-order valence-electron chi connectivity index (χ3n) is 1.27. The van der Waals surface area contributed by atoms with E-state index in [-0.39, 0.29) is 0 Å². The lowest BCUT2D eigenvalue weighted by molar-refractivity contribution is 0.108. The average Bonchev–Trinajstić information content (AvgIpc) is 1.85. The van der Waals surface area contributed by atoms with E-state index in [0.29, 0.717) is 5.56 Å². The summed E-state index contributed by atoms with van der Waals surface area (Å²) in [7, 11) is 1.91. The molecule has 1 nitrogen and oxygen atoms in total. The van der Waals surface area contributed by atoms with Gasteiger partial charge in [0.15, 0.2) is 0 Å². The third kappa shape index (κ3) is 2.35. The molecule has 11 heavy (non-hydrogen) atoms. The van der Waals surface area contributed by atoms with Crippen molar-refractivity contribution in [2.75, 3.05) is 0 Å². The number of hydrogen-bond acceptors (Lipinski definition) is 1. The predicted molar refractivity (Wildman–Crippen MR) is 52.5 cm³/mol. The van der Waals surface area contributed by atoms with Gasteiger partial charge in [-0.05, 0) is 17.7 Å². The van der Waals surface area contributed by atoms with Gasteiger partial charge in [0.25, 0.3) is 5.24 Å². The monoisotopic (exact) mass is 230 g/mol. The van der Waals surface area contributed by atoms with Gasteiger partial charge in [-0.1, -0.05) is 33.5 Å². The summed E-state index contributed by atoms with van der Waals surface area (Å²) >= 11 is 8.56. The van der Waals surface area contributed by atoms with E-state index in [4.69, 9.17) is 11.6 Å². The third-order valence-corrected chi connectivity index (χ3v) is 1.95. The molecule has 0 radical (unpaired) electrons. The molecule has 0 amide bonds. The summed E-state index contributed by atoms with van der Waals surface area (Å²) in [5.74, 6) is 0. The molecule has 0 saturated carbocycles. The molecule has 0 aliphatic carbocycles. The fourth-order valence-electron chi connectivity index (χ4n) is 0.850. The Labute approximate surface area is 79.3 Å². The van der Waals surface area contributed by atoms with Crippen LogP contribution in [0.5, 0.6) is 0 Å². The molecule has 0 heterocycles. The summed E-state index contributed by atoms with van der Waals surface area (Å²) in [6.45, 7) is 0. The number of carbonyl (C=O) groups excluding carboxylic acids is 1. The lowest BCUT2D eigenvalue weighted by atomic mass is 9.95. The van der Waals surface area contributed by atoms with Gasteiger partial charge in [-0.3, -0.25) is 4.79 Å². The highest BCUT2D eigenvalue weighted by Crippen LogP contribution is 2.11. The molecule has 56 valence electrons. The Bertz CT molecular complexity index is 280. The predicted octanol–water partition coefficient (Wildman–Crippen LogP) is 1.09. The van der Waals surface area contributed by atoms with Gasteiger partial charge in [0.1, 0.15) is 7.85 Å². The van der Waals surface area contributed by atoms with E-state index < -0.39 is 5.24 Å². The van der Waals surface area contributed by atoms with Crippen molar-refractivity contribution in [3.8, 4) is 0 Å². The van der Waals surface area contributed by atoms with Crippen LogP contribution in [0.2, 0.25) is 0 Å². The molecule has 0 aliphatic heterocycles. The molecule has 4 heteroatoms. The average molecular weight is 231 g/mol. The zero-order chi connectivity index (χ0) is 8.43. The van der Waals surface area contributed by atoms with Crippen LogP contribution in [0.3, 0.4) is 0 Å². The standard InChI is InChI=1S/C7H5BBrClO/c8-5-1-4(7(10)11)2-6(9)3-5/h1-3H,8H2. The Morgan fingerprint density at radius 1 is 1.45 bits per heavy atom. The first-order valence-electron chi connectivity index (χ1n) is 3.06. The molecule has 0 fully saturated rings. The highest BCUT2D eigenvalue weighted by Gasteiger charge is 2.02. The van der Waals surface area contributed by atoms with Crippen LogP contribution in [0.25, 0.3) is 0 Å². The van der Waals surface area contributed by atoms with Crippen molar-refractivity contribution in [1.82, 2.24) is 0 Å². The lowest BCUT2D eigenvalue weighted by Gasteiger charge is -1.97. The Kier molecular flexibility index (Phi) is 2.74. The van der Waals surface area contributed by atoms with Gasteiger partial charge in [0, 0.05) is 10.0 Å². The maximum atomic E-state index is 10.7. The first-order valence-corrected chi connectivity index (χ1v) is 4.24. The summed E-state index contributed by atoms with van der Waals surface area (Å²) in [5, 5.41) is -0.422. The van der Waals surface area contributed by atoms with E-state index in [1.54, 1.807) is 12.1 Å². The smallest absolute Gasteiger partial charge is 0.252 e. The first-order chi connectivity index (χ1) is 5.09. The summed E-state index contributed by atoms with van der Waals surface area (Å²) in [6, 6.07) is 5.37. The van der Waals surface area contributed by atoms with Gasteiger partial charge in [0.05, 0.1) is 0 Å².